The van der Waals surface area contributed by atoms with E-state index in [1.54, 1.807) is 11.8 Å². The summed E-state index contributed by atoms with van der Waals surface area (Å²) in [5.74, 6) is 1.42. The van der Waals surface area contributed by atoms with Gasteiger partial charge in [0, 0.05) is 15.7 Å². The molecule has 0 atom stereocenters. The number of rotatable bonds is 4. The van der Waals surface area contributed by atoms with E-state index in [1.807, 2.05) is 53.4 Å². The van der Waals surface area contributed by atoms with Crippen molar-refractivity contribution in [3.63, 3.8) is 0 Å². The van der Waals surface area contributed by atoms with Crippen molar-refractivity contribution in [3.05, 3.63) is 54.4 Å². The predicted octanol–water partition coefficient (Wildman–Crippen LogP) is 4.85. The van der Waals surface area contributed by atoms with E-state index < -0.39 is 0 Å². The number of thioether (sulfide) groups is 1. The van der Waals surface area contributed by atoms with Crippen molar-refractivity contribution in [2.45, 2.75) is 34.7 Å². The van der Waals surface area contributed by atoms with E-state index >= 15 is 0 Å². The number of hydrogen-bond donors (Lipinski definition) is 1. The van der Waals surface area contributed by atoms with Crippen LogP contribution in [0.25, 0.3) is 0 Å². The Morgan fingerprint density at radius 1 is 1.12 bits per heavy atom. The summed E-state index contributed by atoms with van der Waals surface area (Å²) in [7, 11) is 0. The van der Waals surface area contributed by atoms with Crippen LogP contribution in [0.3, 0.4) is 0 Å². The second-order valence-corrected chi connectivity index (χ2v) is 8.24. The zero-order chi connectivity index (χ0) is 18.1. The molecule has 3 aromatic rings. The number of benzene rings is 2. The van der Waals surface area contributed by atoms with Crippen LogP contribution in [0.15, 0.2) is 63.5 Å². The van der Waals surface area contributed by atoms with E-state index in [0.29, 0.717) is 5.16 Å². The molecule has 4 rings (SSSR count). The van der Waals surface area contributed by atoms with Gasteiger partial charge in [-0.05, 0) is 24.3 Å². The van der Waals surface area contributed by atoms with Crippen molar-refractivity contribution >= 4 is 40.8 Å². The molecular weight excluding hydrogens is 364 g/mol. The summed E-state index contributed by atoms with van der Waals surface area (Å²) in [6.45, 7) is 4.11. The van der Waals surface area contributed by atoms with Crippen LogP contribution in [-0.2, 0) is 4.79 Å². The number of amides is 1. The molecule has 0 saturated carbocycles. The lowest BCUT2D eigenvalue weighted by molar-refractivity contribution is -0.115. The van der Waals surface area contributed by atoms with Gasteiger partial charge in [-0.25, -0.2) is 4.98 Å². The molecule has 132 valence electrons. The molecular formula is C19H18N4OS2. The van der Waals surface area contributed by atoms with Crippen LogP contribution in [-0.4, -0.2) is 26.8 Å². The van der Waals surface area contributed by atoms with Gasteiger partial charge in [0.25, 0.3) is 0 Å². The largest absolute Gasteiger partial charge is 0.278 e. The Hall–Kier alpha value is -2.25. The highest BCUT2D eigenvalue weighted by Gasteiger charge is 2.27. The Labute approximate surface area is 160 Å². The monoisotopic (exact) mass is 382 g/mol. The lowest BCUT2D eigenvalue weighted by atomic mass is 10.2. The summed E-state index contributed by atoms with van der Waals surface area (Å²) < 4.78 is 0. The number of nitrogens with one attached hydrogen (secondary N) is 1. The number of aromatic nitrogens is 3. The summed E-state index contributed by atoms with van der Waals surface area (Å²) in [5, 5.41) is 7.73. The average Bonchev–Trinajstić information content (AvgIpc) is 3.13. The van der Waals surface area contributed by atoms with E-state index in [2.05, 4.69) is 29.0 Å². The summed E-state index contributed by atoms with van der Waals surface area (Å²) in [5.41, 5.74) is 1.86. The van der Waals surface area contributed by atoms with Crippen molar-refractivity contribution in [2.75, 3.05) is 10.7 Å². The predicted molar refractivity (Wildman–Crippen MR) is 105 cm³/mol. The molecule has 7 heteroatoms. The highest BCUT2D eigenvalue weighted by molar-refractivity contribution is 8.00. The second-order valence-electron chi connectivity index (χ2n) is 6.21. The number of aromatic amines is 1. The molecule has 26 heavy (non-hydrogen) atoms. The number of carbonyl (C=O) groups is 1. The number of fused-ring (bicyclic) bond motifs is 2. The Morgan fingerprint density at radius 2 is 1.73 bits per heavy atom. The van der Waals surface area contributed by atoms with Crippen LogP contribution in [0.5, 0.6) is 0 Å². The first-order valence-corrected chi connectivity index (χ1v) is 10.2. The number of H-pyrrole nitrogens is 1. The third kappa shape index (κ3) is 3.24. The highest BCUT2D eigenvalue weighted by atomic mass is 32.2. The molecule has 0 spiro atoms. The normalized spacial score (nSPS) is 12.8. The standard InChI is InChI=1S/C19H18N4OS2/c1-12(2)18-20-19(22-21-18)25-11-17(24)23-13-7-3-5-9-15(13)26-16-10-6-4-8-14(16)23/h3-10,12H,11H2,1-2H3,(H,20,21,22). The SMILES string of the molecule is CC(C)c1nc(SCC(=O)N2c3ccccc3Sc3ccccc32)n[nH]1. The van der Waals surface area contributed by atoms with E-state index in [0.717, 1.165) is 27.0 Å². The maximum atomic E-state index is 13.1. The first-order valence-electron chi connectivity index (χ1n) is 8.37. The molecule has 2 heterocycles. The van der Waals surface area contributed by atoms with Gasteiger partial charge >= 0.3 is 0 Å². The number of hydrogen-bond acceptors (Lipinski definition) is 5. The quantitative estimate of drug-likeness (QED) is 0.654. The van der Waals surface area contributed by atoms with E-state index in [9.17, 15) is 4.79 Å². The van der Waals surface area contributed by atoms with Gasteiger partial charge in [-0.1, -0.05) is 61.6 Å². The van der Waals surface area contributed by atoms with Gasteiger partial charge in [0.1, 0.15) is 5.82 Å². The molecule has 0 fully saturated rings. The van der Waals surface area contributed by atoms with Crippen molar-refractivity contribution in [1.29, 1.82) is 0 Å². The van der Waals surface area contributed by atoms with Gasteiger partial charge in [-0.3, -0.25) is 14.8 Å². The minimum atomic E-state index is 0.0195. The molecule has 0 radical (unpaired) electrons. The van der Waals surface area contributed by atoms with E-state index in [1.165, 1.54) is 11.8 Å². The first-order chi connectivity index (χ1) is 12.6. The topological polar surface area (TPSA) is 61.9 Å². The molecule has 5 nitrogen and oxygen atoms in total. The smallest absolute Gasteiger partial charge is 0.242 e. The Bertz CT molecular complexity index is 908. The molecule has 1 aliphatic heterocycles. The molecule has 1 aromatic heterocycles. The molecule has 2 aromatic carbocycles. The fourth-order valence-corrected chi connectivity index (χ4v) is 4.46. The summed E-state index contributed by atoms with van der Waals surface area (Å²) in [6.07, 6.45) is 0. The van der Waals surface area contributed by atoms with Gasteiger partial charge in [0.05, 0.1) is 17.1 Å². The summed E-state index contributed by atoms with van der Waals surface area (Å²) in [6, 6.07) is 16.0. The zero-order valence-electron chi connectivity index (χ0n) is 14.5. The molecule has 0 saturated heterocycles. The molecule has 0 unspecified atom stereocenters. The highest BCUT2D eigenvalue weighted by Crippen LogP contribution is 2.48. The minimum Gasteiger partial charge on any atom is -0.278 e. The van der Waals surface area contributed by atoms with Gasteiger partial charge in [-0.15, -0.1) is 5.10 Å². The summed E-state index contributed by atoms with van der Waals surface area (Å²) >= 11 is 3.05. The van der Waals surface area contributed by atoms with Crippen LogP contribution < -0.4 is 4.90 Å². The molecule has 0 aliphatic carbocycles. The molecule has 1 amide bonds. The van der Waals surface area contributed by atoms with Crippen molar-refractivity contribution < 1.29 is 4.79 Å². The van der Waals surface area contributed by atoms with Gasteiger partial charge < -0.3 is 0 Å². The van der Waals surface area contributed by atoms with Gasteiger partial charge in [-0.2, -0.15) is 0 Å². The minimum absolute atomic E-state index is 0.0195. The number of nitrogens with zero attached hydrogens (tertiary/aromatic N) is 3. The zero-order valence-corrected chi connectivity index (χ0v) is 16.1. The van der Waals surface area contributed by atoms with Gasteiger partial charge in [0.2, 0.25) is 11.1 Å². The van der Waals surface area contributed by atoms with Crippen LogP contribution >= 0.6 is 23.5 Å². The Balaban J connectivity index is 1.59. The lowest BCUT2D eigenvalue weighted by Crippen LogP contribution is -2.30. The number of para-hydroxylation sites is 2. The van der Waals surface area contributed by atoms with Crippen molar-refractivity contribution in [2.24, 2.45) is 0 Å². The second kappa shape index (κ2) is 7.17. The van der Waals surface area contributed by atoms with Gasteiger partial charge in [0.15, 0.2) is 0 Å². The van der Waals surface area contributed by atoms with Crippen LogP contribution in [0.1, 0.15) is 25.6 Å². The number of anilines is 2. The molecule has 1 N–H and O–H groups in total. The number of carbonyl (C=O) groups excluding carboxylic acids is 1. The first kappa shape index (κ1) is 17.2. The molecule has 0 bridgehead atoms. The summed E-state index contributed by atoms with van der Waals surface area (Å²) in [4.78, 5) is 21.5. The van der Waals surface area contributed by atoms with Crippen LogP contribution in [0.2, 0.25) is 0 Å². The van der Waals surface area contributed by atoms with Crippen molar-refractivity contribution in [1.82, 2.24) is 15.2 Å². The van der Waals surface area contributed by atoms with E-state index in [4.69, 9.17) is 0 Å². The van der Waals surface area contributed by atoms with Crippen LogP contribution in [0.4, 0.5) is 11.4 Å². The molecule has 1 aliphatic rings. The maximum absolute atomic E-state index is 13.1. The maximum Gasteiger partial charge on any atom is 0.242 e. The third-order valence-electron chi connectivity index (χ3n) is 4.04. The lowest BCUT2D eigenvalue weighted by Gasteiger charge is -2.30. The third-order valence-corrected chi connectivity index (χ3v) is 6.00. The fraction of sp³-hybridized carbons (Fsp3) is 0.211. The van der Waals surface area contributed by atoms with Crippen molar-refractivity contribution in [3.8, 4) is 0 Å². The fourth-order valence-electron chi connectivity index (χ4n) is 2.75. The average molecular weight is 383 g/mol. The Morgan fingerprint density at radius 3 is 2.31 bits per heavy atom. The Kier molecular flexibility index (Phi) is 4.74. The van der Waals surface area contributed by atoms with E-state index in [-0.39, 0.29) is 17.6 Å². The van der Waals surface area contributed by atoms with Crippen LogP contribution in [0, 0.1) is 0 Å².